The van der Waals surface area contributed by atoms with Gasteiger partial charge in [0, 0.05) is 18.9 Å². The summed E-state index contributed by atoms with van der Waals surface area (Å²) in [7, 11) is 1.65. The lowest BCUT2D eigenvalue weighted by molar-refractivity contribution is -0.117. The Balaban J connectivity index is 2.16. The third kappa shape index (κ3) is 3.15. The summed E-state index contributed by atoms with van der Waals surface area (Å²) >= 11 is 0. The first-order valence-electron chi connectivity index (χ1n) is 6.14. The largest absolute Gasteiger partial charge is 0.348 e. The van der Waals surface area contributed by atoms with Crippen LogP contribution in [-0.2, 0) is 11.8 Å². The first-order valence-corrected chi connectivity index (χ1v) is 6.14. The standard InChI is InChI=1S/C15H12FN3O2/c1-19-8-2-3-13(19)14(20)12(9-17)15(21)18-11-6-4-10(16)5-7-11/h2-8,12H,1H3,(H,18,21). The number of anilines is 1. The van der Waals surface area contributed by atoms with Crippen LogP contribution in [0.2, 0.25) is 0 Å². The molecule has 1 aromatic heterocycles. The molecule has 5 nitrogen and oxygen atoms in total. The highest BCUT2D eigenvalue weighted by molar-refractivity contribution is 6.15. The molecule has 0 fully saturated rings. The van der Waals surface area contributed by atoms with E-state index in [1.165, 1.54) is 34.9 Å². The third-order valence-electron chi connectivity index (χ3n) is 2.96. The van der Waals surface area contributed by atoms with E-state index in [0.29, 0.717) is 5.69 Å². The molecule has 2 rings (SSSR count). The normalized spacial score (nSPS) is 11.5. The first-order chi connectivity index (χ1) is 10.0. The van der Waals surface area contributed by atoms with Crippen molar-refractivity contribution in [3.05, 3.63) is 54.1 Å². The van der Waals surface area contributed by atoms with E-state index < -0.39 is 23.4 Å². The van der Waals surface area contributed by atoms with Crippen molar-refractivity contribution in [1.29, 1.82) is 5.26 Å². The molecule has 0 radical (unpaired) electrons. The SMILES string of the molecule is Cn1cccc1C(=O)C(C#N)C(=O)Nc1ccc(F)cc1. The molecule has 0 spiro atoms. The van der Waals surface area contributed by atoms with Crippen LogP contribution < -0.4 is 5.32 Å². The smallest absolute Gasteiger partial charge is 0.249 e. The summed E-state index contributed by atoms with van der Waals surface area (Å²) in [5.74, 6) is -3.21. The van der Waals surface area contributed by atoms with Crippen LogP contribution in [0.25, 0.3) is 0 Å². The number of hydrogen-bond acceptors (Lipinski definition) is 3. The lowest BCUT2D eigenvalue weighted by Gasteiger charge is -2.10. The van der Waals surface area contributed by atoms with E-state index in [2.05, 4.69) is 5.32 Å². The van der Waals surface area contributed by atoms with Crippen LogP contribution in [0.1, 0.15) is 10.5 Å². The van der Waals surface area contributed by atoms with Crippen molar-refractivity contribution in [3.63, 3.8) is 0 Å². The van der Waals surface area contributed by atoms with E-state index in [-0.39, 0.29) is 5.69 Å². The molecule has 1 N–H and O–H groups in total. The molecule has 1 aromatic carbocycles. The Morgan fingerprint density at radius 2 is 1.95 bits per heavy atom. The minimum atomic E-state index is -1.45. The summed E-state index contributed by atoms with van der Waals surface area (Å²) in [5.41, 5.74) is 0.595. The summed E-state index contributed by atoms with van der Waals surface area (Å²) in [6, 6.07) is 9.96. The van der Waals surface area contributed by atoms with E-state index in [1.54, 1.807) is 25.4 Å². The van der Waals surface area contributed by atoms with Gasteiger partial charge in [-0.3, -0.25) is 9.59 Å². The Morgan fingerprint density at radius 1 is 1.29 bits per heavy atom. The van der Waals surface area contributed by atoms with Crippen molar-refractivity contribution in [1.82, 2.24) is 4.57 Å². The number of halogens is 1. The van der Waals surface area contributed by atoms with E-state index in [1.807, 2.05) is 0 Å². The molecular formula is C15H12FN3O2. The van der Waals surface area contributed by atoms with Crippen LogP contribution in [0.4, 0.5) is 10.1 Å². The van der Waals surface area contributed by atoms with Gasteiger partial charge in [-0.15, -0.1) is 0 Å². The van der Waals surface area contributed by atoms with Gasteiger partial charge in [0.2, 0.25) is 11.7 Å². The van der Waals surface area contributed by atoms with Gasteiger partial charge in [-0.1, -0.05) is 0 Å². The van der Waals surface area contributed by atoms with Crippen LogP contribution in [0.15, 0.2) is 42.6 Å². The number of nitrogens with one attached hydrogen (secondary N) is 1. The fourth-order valence-corrected chi connectivity index (χ4v) is 1.85. The highest BCUT2D eigenvalue weighted by Crippen LogP contribution is 2.13. The van der Waals surface area contributed by atoms with Gasteiger partial charge in [0.1, 0.15) is 5.82 Å². The maximum Gasteiger partial charge on any atom is 0.249 e. The molecule has 106 valence electrons. The van der Waals surface area contributed by atoms with Crippen molar-refractivity contribution in [2.75, 3.05) is 5.32 Å². The van der Waals surface area contributed by atoms with Gasteiger partial charge in [-0.05, 0) is 36.4 Å². The third-order valence-corrected chi connectivity index (χ3v) is 2.96. The maximum absolute atomic E-state index is 12.8. The average molecular weight is 285 g/mol. The zero-order chi connectivity index (χ0) is 15.4. The van der Waals surface area contributed by atoms with Crippen LogP contribution in [-0.4, -0.2) is 16.3 Å². The van der Waals surface area contributed by atoms with Crippen molar-refractivity contribution in [2.24, 2.45) is 13.0 Å². The summed E-state index contributed by atoms with van der Waals surface area (Å²) in [4.78, 5) is 24.2. The van der Waals surface area contributed by atoms with Gasteiger partial charge in [0.05, 0.1) is 11.8 Å². The molecule has 6 heteroatoms. The monoisotopic (exact) mass is 285 g/mol. The number of nitriles is 1. The zero-order valence-corrected chi connectivity index (χ0v) is 11.2. The Hall–Kier alpha value is -2.94. The second-order valence-electron chi connectivity index (χ2n) is 4.43. The number of nitrogens with zero attached hydrogens (tertiary/aromatic N) is 2. The zero-order valence-electron chi connectivity index (χ0n) is 11.2. The number of carbonyl (C=O) groups is 2. The fraction of sp³-hybridized carbons (Fsp3) is 0.133. The number of ketones is 1. The Morgan fingerprint density at radius 3 is 2.48 bits per heavy atom. The lowest BCUT2D eigenvalue weighted by Crippen LogP contribution is -2.29. The van der Waals surface area contributed by atoms with Crippen LogP contribution in [0, 0.1) is 23.1 Å². The number of benzene rings is 1. The van der Waals surface area contributed by atoms with Gasteiger partial charge in [-0.25, -0.2) is 4.39 Å². The van der Waals surface area contributed by atoms with Crippen LogP contribution >= 0.6 is 0 Å². The predicted molar refractivity (Wildman–Crippen MR) is 73.9 cm³/mol. The molecule has 0 bridgehead atoms. The second kappa shape index (κ2) is 6.01. The number of amides is 1. The molecule has 21 heavy (non-hydrogen) atoms. The summed E-state index contributed by atoms with van der Waals surface area (Å²) < 4.78 is 14.3. The highest BCUT2D eigenvalue weighted by Gasteiger charge is 2.29. The Labute approximate surface area is 120 Å². The van der Waals surface area contributed by atoms with Gasteiger partial charge in [-0.2, -0.15) is 5.26 Å². The Kier molecular flexibility index (Phi) is 4.14. The summed E-state index contributed by atoms with van der Waals surface area (Å²) in [6.45, 7) is 0. The quantitative estimate of drug-likeness (QED) is 0.690. The average Bonchev–Trinajstić information content (AvgIpc) is 2.88. The predicted octanol–water partition coefficient (Wildman–Crippen LogP) is 2.13. The lowest BCUT2D eigenvalue weighted by atomic mass is 10.0. The van der Waals surface area contributed by atoms with E-state index >= 15 is 0 Å². The molecule has 1 amide bonds. The molecule has 1 heterocycles. The number of carbonyl (C=O) groups excluding carboxylic acids is 2. The van der Waals surface area contributed by atoms with Gasteiger partial charge in [0.25, 0.3) is 0 Å². The van der Waals surface area contributed by atoms with Crippen molar-refractivity contribution in [3.8, 4) is 6.07 Å². The number of hydrogen-bond donors (Lipinski definition) is 1. The Bertz CT molecular complexity index is 713. The molecule has 1 unspecified atom stereocenters. The fourth-order valence-electron chi connectivity index (χ4n) is 1.85. The highest BCUT2D eigenvalue weighted by atomic mass is 19.1. The van der Waals surface area contributed by atoms with Crippen molar-refractivity contribution < 1.29 is 14.0 Å². The molecule has 0 aliphatic rings. The number of rotatable bonds is 4. The number of Topliss-reactive ketones (excluding diaryl/α,β-unsaturated/α-hetero) is 1. The minimum Gasteiger partial charge on any atom is -0.348 e. The first kappa shape index (κ1) is 14.5. The second-order valence-corrected chi connectivity index (χ2v) is 4.43. The van der Waals surface area contributed by atoms with Crippen LogP contribution in [0.5, 0.6) is 0 Å². The van der Waals surface area contributed by atoms with Crippen molar-refractivity contribution in [2.45, 2.75) is 0 Å². The minimum absolute atomic E-state index is 0.274. The molecule has 1 atom stereocenters. The number of aryl methyl sites for hydroxylation is 1. The summed E-state index contributed by atoms with van der Waals surface area (Å²) in [6.07, 6.45) is 1.65. The molecule has 0 saturated heterocycles. The van der Waals surface area contributed by atoms with Crippen LogP contribution in [0.3, 0.4) is 0 Å². The molecule has 0 aliphatic carbocycles. The van der Waals surface area contributed by atoms with Gasteiger partial charge < -0.3 is 9.88 Å². The van der Waals surface area contributed by atoms with Crippen molar-refractivity contribution >= 4 is 17.4 Å². The molecule has 2 aromatic rings. The maximum atomic E-state index is 12.8. The molecular weight excluding hydrogens is 273 g/mol. The van der Waals surface area contributed by atoms with Gasteiger partial charge >= 0.3 is 0 Å². The molecule has 0 aliphatic heterocycles. The van der Waals surface area contributed by atoms with E-state index in [4.69, 9.17) is 5.26 Å². The van der Waals surface area contributed by atoms with E-state index in [0.717, 1.165) is 0 Å². The topological polar surface area (TPSA) is 74.9 Å². The molecule has 0 saturated carbocycles. The summed E-state index contributed by atoms with van der Waals surface area (Å²) in [5, 5.41) is 11.5. The van der Waals surface area contributed by atoms with Gasteiger partial charge in [0.15, 0.2) is 5.92 Å². The van der Waals surface area contributed by atoms with E-state index in [9.17, 15) is 14.0 Å². The number of aromatic nitrogens is 1.